The number of ether oxygens (including phenoxy) is 1. The average Bonchev–Trinajstić information content (AvgIpc) is 2.59. The van der Waals surface area contributed by atoms with Gasteiger partial charge in [-0.3, -0.25) is 4.79 Å². The molecule has 0 saturated carbocycles. The number of benzene rings is 2. The Balaban J connectivity index is 2.40. The van der Waals surface area contributed by atoms with Crippen LogP contribution in [0.4, 0.5) is 0 Å². The van der Waals surface area contributed by atoms with E-state index in [9.17, 15) is 9.90 Å². The fraction of sp³-hybridized carbons (Fsp3) is 0.316. The molecule has 0 amide bonds. The number of hydrogen-bond acceptors (Lipinski definition) is 4. The van der Waals surface area contributed by atoms with Gasteiger partial charge in [-0.2, -0.15) is 0 Å². The van der Waals surface area contributed by atoms with Gasteiger partial charge in [0.05, 0.1) is 5.56 Å². The monoisotopic (exact) mass is 313 g/mol. The molecule has 0 radical (unpaired) electrons. The number of aryl methyl sites for hydroxylation is 1. The maximum atomic E-state index is 12.7. The van der Waals surface area contributed by atoms with E-state index in [0.29, 0.717) is 42.0 Å². The Hall–Kier alpha value is -2.33. The zero-order valence-corrected chi connectivity index (χ0v) is 13.6. The molecule has 3 N–H and O–H groups in total. The van der Waals surface area contributed by atoms with Crippen LogP contribution in [0.2, 0.25) is 0 Å². The van der Waals surface area contributed by atoms with E-state index in [2.05, 4.69) is 0 Å². The highest BCUT2D eigenvalue weighted by Gasteiger charge is 2.19. The topological polar surface area (TPSA) is 72.5 Å². The van der Waals surface area contributed by atoms with Crippen molar-refractivity contribution in [2.75, 3.05) is 13.2 Å². The Bertz CT molecular complexity index is 695. The number of hydrogen-bond donors (Lipinski definition) is 2. The second-order valence-corrected chi connectivity index (χ2v) is 5.31. The van der Waals surface area contributed by atoms with Gasteiger partial charge in [-0.25, -0.2) is 0 Å². The summed E-state index contributed by atoms with van der Waals surface area (Å²) < 4.78 is 5.54. The molecular formula is C19H23NO3. The van der Waals surface area contributed by atoms with Gasteiger partial charge in [0.15, 0.2) is 5.78 Å². The fourth-order valence-electron chi connectivity index (χ4n) is 2.53. The van der Waals surface area contributed by atoms with Crippen LogP contribution in [0, 0.1) is 0 Å². The summed E-state index contributed by atoms with van der Waals surface area (Å²) in [6.45, 7) is 4.73. The quantitative estimate of drug-likeness (QED) is 0.771. The number of phenolic OH excluding ortho intramolecular Hbond substituents is 1. The van der Waals surface area contributed by atoms with Crippen LogP contribution in [-0.4, -0.2) is 24.0 Å². The molecule has 0 bridgehead atoms. The van der Waals surface area contributed by atoms with Gasteiger partial charge in [0.2, 0.25) is 0 Å². The third-order valence-corrected chi connectivity index (χ3v) is 3.81. The number of nitrogens with two attached hydrogens (primary N) is 1. The van der Waals surface area contributed by atoms with Crippen molar-refractivity contribution in [3.63, 3.8) is 0 Å². The van der Waals surface area contributed by atoms with Crippen molar-refractivity contribution in [2.45, 2.75) is 26.7 Å². The number of carbonyl (C=O) groups is 1. The van der Waals surface area contributed by atoms with E-state index in [1.165, 1.54) is 0 Å². The summed E-state index contributed by atoms with van der Waals surface area (Å²) in [5.74, 6) is 0.390. The Morgan fingerprint density at radius 2 is 1.96 bits per heavy atom. The average molecular weight is 313 g/mol. The van der Waals surface area contributed by atoms with Crippen LogP contribution >= 0.6 is 0 Å². The summed E-state index contributed by atoms with van der Waals surface area (Å²) in [5, 5.41) is 10.5. The number of phenols is 1. The molecule has 122 valence electrons. The number of rotatable bonds is 7. The predicted octanol–water partition coefficient (Wildman–Crippen LogP) is 3.09. The Morgan fingerprint density at radius 1 is 1.17 bits per heavy atom. The van der Waals surface area contributed by atoms with E-state index in [-0.39, 0.29) is 11.5 Å². The van der Waals surface area contributed by atoms with E-state index in [4.69, 9.17) is 10.5 Å². The molecule has 0 aliphatic carbocycles. The molecule has 0 aliphatic heterocycles. The SMILES string of the molecule is CCc1cccc(C(=O)c2ccc(OCCN)c(CC)c2O)c1. The molecule has 0 unspecified atom stereocenters. The lowest BCUT2D eigenvalue weighted by atomic mass is 9.97. The third-order valence-electron chi connectivity index (χ3n) is 3.81. The van der Waals surface area contributed by atoms with Crippen LogP contribution in [0.15, 0.2) is 36.4 Å². The van der Waals surface area contributed by atoms with Gasteiger partial charge >= 0.3 is 0 Å². The van der Waals surface area contributed by atoms with E-state index in [1.54, 1.807) is 18.2 Å². The molecule has 2 aromatic carbocycles. The summed E-state index contributed by atoms with van der Waals surface area (Å²) in [4.78, 5) is 12.7. The second kappa shape index (κ2) is 7.79. The van der Waals surface area contributed by atoms with Gasteiger partial charge in [-0.1, -0.05) is 32.0 Å². The van der Waals surface area contributed by atoms with Crippen molar-refractivity contribution in [1.82, 2.24) is 0 Å². The molecule has 4 heteroatoms. The van der Waals surface area contributed by atoms with Gasteiger partial charge in [0, 0.05) is 17.7 Å². The van der Waals surface area contributed by atoms with Crippen molar-refractivity contribution >= 4 is 5.78 Å². The first-order chi connectivity index (χ1) is 11.1. The Kier molecular flexibility index (Phi) is 5.77. The number of ketones is 1. The van der Waals surface area contributed by atoms with Crippen molar-refractivity contribution in [2.24, 2.45) is 5.73 Å². The van der Waals surface area contributed by atoms with Gasteiger partial charge in [-0.05, 0) is 36.6 Å². The third kappa shape index (κ3) is 3.71. The van der Waals surface area contributed by atoms with E-state index in [1.807, 2.05) is 32.0 Å². The standard InChI is InChI=1S/C19H23NO3/c1-3-13-6-5-7-14(12-13)18(21)16-8-9-17(23-11-10-20)15(4-2)19(16)22/h5-9,12,22H,3-4,10-11,20H2,1-2H3. The summed E-state index contributed by atoms with van der Waals surface area (Å²) in [7, 11) is 0. The highest BCUT2D eigenvalue weighted by Crippen LogP contribution is 2.33. The van der Waals surface area contributed by atoms with Gasteiger partial charge in [0.1, 0.15) is 18.1 Å². The Morgan fingerprint density at radius 3 is 2.61 bits per heavy atom. The highest BCUT2D eigenvalue weighted by molar-refractivity contribution is 6.11. The molecule has 0 aliphatic rings. The van der Waals surface area contributed by atoms with E-state index in [0.717, 1.165) is 12.0 Å². The van der Waals surface area contributed by atoms with Gasteiger partial charge in [0.25, 0.3) is 0 Å². The maximum Gasteiger partial charge on any atom is 0.196 e. The van der Waals surface area contributed by atoms with E-state index >= 15 is 0 Å². The molecule has 23 heavy (non-hydrogen) atoms. The van der Waals surface area contributed by atoms with Crippen LogP contribution in [0.5, 0.6) is 11.5 Å². The Labute approximate surface area is 136 Å². The largest absolute Gasteiger partial charge is 0.507 e. The van der Waals surface area contributed by atoms with Crippen LogP contribution in [0.1, 0.15) is 40.9 Å². The van der Waals surface area contributed by atoms with Crippen molar-refractivity contribution in [3.05, 3.63) is 58.7 Å². The molecule has 0 heterocycles. The van der Waals surface area contributed by atoms with Crippen molar-refractivity contribution < 1.29 is 14.6 Å². The van der Waals surface area contributed by atoms with Crippen LogP contribution in [-0.2, 0) is 12.8 Å². The molecule has 2 aromatic rings. The first kappa shape index (κ1) is 17.0. The minimum absolute atomic E-state index is 0.00563. The maximum absolute atomic E-state index is 12.7. The predicted molar refractivity (Wildman–Crippen MR) is 91.3 cm³/mol. The zero-order chi connectivity index (χ0) is 16.8. The summed E-state index contributed by atoms with van der Waals surface area (Å²) in [5.41, 5.74) is 8.05. The lowest BCUT2D eigenvalue weighted by Crippen LogP contribution is -2.12. The summed E-state index contributed by atoms with van der Waals surface area (Å²) in [6.07, 6.45) is 1.43. The number of carbonyl (C=O) groups excluding carboxylic acids is 1. The molecule has 4 nitrogen and oxygen atoms in total. The molecule has 0 atom stereocenters. The number of aromatic hydroxyl groups is 1. The zero-order valence-electron chi connectivity index (χ0n) is 13.6. The van der Waals surface area contributed by atoms with Crippen LogP contribution in [0.25, 0.3) is 0 Å². The molecule has 0 spiro atoms. The van der Waals surface area contributed by atoms with Crippen molar-refractivity contribution in [1.29, 1.82) is 0 Å². The molecular weight excluding hydrogens is 290 g/mol. The fourth-order valence-corrected chi connectivity index (χ4v) is 2.53. The molecule has 0 saturated heterocycles. The van der Waals surface area contributed by atoms with Gasteiger partial charge < -0.3 is 15.6 Å². The minimum Gasteiger partial charge on any atom is -0.507 e. The van der Waals surface area contributed by atoms with Crippen LogP contribution < -0.4 is 10.5 Å². The molecule has 0 fully saturated rings. The molecule has 0 aromatic heterocycles. The highest BCUT2D eigenvalue weighted by atomic mass is 16.5. The first-order valence-corrected chi connectivity index (χ1v) is 7.93. The summed E-state index contributed by atoms with van der Waals surface area (Å²) >= 11 is 0. The van der Waals surface area contributed by atoms with Crippen LogP contribution in [0.3, 0.4) is 0 Å². The summed E-state index contributed by atoms with van der Waals surface area (Å²) in [6, 6.07) is 10.8. The van der Waals surface area contributed by atoms with Crippen molar-refractivity contribution in [3.8, 4) is 11.5 Å². The minimum atomic E-state index is -0.183. The second-order valence-electron chi connectivity index (χ2n) is 5.31. The van der Waals surface area contributed by atoms with E-state index < -0.39 is 0 Å². The lowest BCUT2D eigenvalue weighted by molar-refractivity contribution is 0.103. The molecule has 2 rings (SSSR count). The lowest BCUT2D eigenvalue weighted by Gasteiger charge is -2.14. The van der Waals surface area contributed by atoms with Gasteiger partial charge in [-0.15, -0.1) is 0 Å². The first-order valence-electron chi connectivity index (χ1n) is 7.93. The smallest absolute Gasteiger partial charge is 0.196 e. The normalized spacial score (nSPS) is 10.6.